The monoisotopic (exact) mass is 274 g/mol. The molecule has 0 heterocycles. The molecule has 0 saturated carbocycles. The summed E-state index contributed by atoms with van der Waals surface area (Å²) in [6.45, 7) is 3.60. The number of amides is 1. The van der Waals surface area contributed by atoms with E-state index in [9.17, 15) is 18.0 Å². The zero-order chi connectivity index (χ0) is 14.4. The highest BCUT2D eigenvalue weighted by atomic mass is 19.1. The standard InChI is InChI=1S/C13H17F3N2O/c1-3-9(4-2)18-12(19)7-17-13-10(15)5-8(14)6-11(13)16/h5-6,9,17H,3-4,7H2,1-2H3,(H,18,19). The third-order valence-electron chi connectivity index (χ3n) is 2.78. The lowest BCUT2D eigenvalue weighted by Gasteiger charge is -2.15. The summed E-state index contributed by atoms with van der Waals surface area (Å²) in [5.74, 6) is -3.49. The van der Waals surface area contributed by atoms with Crippen LogP contribution < -0.4 is 10.6 Å². The van der Waals surface area contributed by atoms with Gasteiger partial charge in [-0.25, -0.2) is 13.2 Å². The number of carbonyl (C=O) groups excluding carboxylic acids is 1. The fraction of sp³-hybridized carbons (Fsp3) is 0.462. The Kier molecular flexibility index (Phi) is 5.66. The molecule has 0 aliphatic rings. The summed E-state index contributed by atoms with van der Waals surface area (Å²) in [5.41, 5.74) is -0.499. The molecule has 0 aliphatic heterocycles. The van der Waals surface area contributed by atoms with Crippen molar-refractivity contribution >= 4 is 11.6 Å². The van der Waals surface area contributed by atoms with Crippen molar-refractivity contribution in [3.63, 3.8) is 0 Å². The summed E-state index contributed by atoms with van der Waals surface area (Å²) in [5, 5.41) is 5.05. The molecular formula is C13H17F3N2O. The Bertz CT molecular complexity index is 425. The molecule has 1 aromatic rings. The first kappa shape index (κ1) is 15.3. The smallest absolute Gasteiger partial charge is 0.239 e. The quantitative estimate of drug-likeness (QED) is 0.837. The molecule has 0 saturated heterocycles. The van der Waals surface area contributed by atoms with E-state index in [4.69, 9.17) is 0 Å². The highest BCUT2D eigenvalue weighted by Gasteiger charge is 2.13. The van der Waals surface area contributed by atoms with Gasteiger partial charge in [0.05, 0.1) is 6.54 Å². The molecule has 2 N–H and O–H groups in total. The fourth-order valence-corrected chi connectivity index (χ4v) is 1.65. The molecule has 0 fully saturated rings. The van der Waals surface area contributed by atoms with Gasteiger partial charge in [-0.1, -0.05) is 13.8 Å². The van der Waals surface area contributed by atoms with Crippen LogP contribution in [0.15, 0.2) is 12.1 Å². The van der Waals surface area contributed by atoms with Crippen molar-refractivity contribution in [2.45, 2.75) is 32.7 Å². The van der Waals surface area contributed by atoms with Gasteiger partial charge in [-0.05, 0) is 12.8 Å². The van der Waals surface area contributed by atoms with Crippen LogP contribution in [0.5, 0.6) is 0 Å². The topological polar surface area (TPSA) is 41.1 Å². The second kappa shape index (κ2) is 7.01. The zero-order valence-corrected chi connectivity index (χ0v) is 10.9. The number of halogens is 3. The van der Waals surface area contributed by atoms with Gasteiger partial charge in [0.15, 0.2) is 11.6 Å². The van der Waals surface area contributed by atoms with Gasteiger partial charge in [0.2, 0.25) is 5.91 Å². The van der Waals surface area contributed by atoms with Crippen LogP contribution in [0.2, 0.25) is 0 Å². The van der Waals surface area contributed by atoms with Crippen LogP contribution in [0.25, 0.3) is 0 Å². The van der Waals surface area contributed by atoms with Gasteiger partial charge < -0.3 is 10.6 Å². The molecule has 0 aliphatic carbocycles. The Hall–Kier alpha value is -1.72. The normalized spacial score (nSPS) is 10.6. The average Bonchev–Trinajstić information content (AvgIpc) is 2.34. The van der Waals surface area contributed by atoms with Gasteiger partial charge >= 0.3 is 0 Å². The molecule has 0 unspecified atom stereocenters. The van der Waals surface area contributed by atoms with Crippen LogP contribution in [-0.2, 0) is 4.79 Å². The van der Waals surface area contributed by atoms with Crippen LogP contribution in [0.3, 0.4) is 0 Å². The van der Waals surface area contributed by atoms with Crippen LogP contribution in [0, 0.1) is 17.5 Å². The predicted octanol–water partition coefficient (Wildman–Crippen LogP) is 2.82. The van der Waals surface area contributed by atoms with Gasteiger partial charge in [0, 0.05) is 18.2 Å². The van der Waals surface area contributed by atoms with E-state index in [1.165, 1.54) is 0 Å². The van der Waals surface area contributed by atoms with Gasteiger partial charge in [-0.2, -0.15) is 0 Å². The van der Waals surface area contributed by atoms with Crippen LogP contribution >= 0.6 is 0 Å². The number of rotatable bonds is 6. The number of hydrogen-bond acceptors (Lipinski definition) is 2. The molecule has 0 aromatic heterocycles. The van der Waals surface area contributed by atoms with Crippen LogP contribution in [0.1, 0.15) is 26.7 Å². The summed E-state index contributed by atoms with van der Waals surface area (Å²) in [7, 11) is 0. The van der Waals surface area contributed by atoms with E-state index in [0.717, 1.165) is 12.8 Å². The maximum Gasteiger partial charge on any atom is 0.239 e. The van der Waals surface area contributed by atoms with Crippen molar-refractivity contribution in [3.8, 4) is 0 Å². The molecule has 1 rings (SSSR count). The lowest BCUT2D eigenvalue weighted by atomic mass is 10.2. The molecule has 3 nitrogen and oxygen atoms in total. The van der Waals surface area contributed by atoms with Crippen LogP contribution in [0.4, 0.5) is 18.9 Å². The Morgan fingerprint density at radius 1 is 1.16 bits per heavy atom. The van der Waals surface area contributed by atoms with Crippen molar-refractivity contribution < 1.29 is 18.0 Å². The van der Waals surface area contributed by atoms with Gasteiger partial charge in [0.1, 0.15) is 11.5 Å². The summed E-state index contributed by atoms with van der Waals surface area (Å²) >= 11 is 0. The Labute approximate surface area is 110 Å². The second-order valence-corrected chi connectivity index (χ2v) is 4.18. The molecule has 0 spiro atoms. The molecule has 0 atom stereocenters. The lowest BCUT2D eigenvalue weighted by molar-refractivity contribution is -0.120. The third-order valence-corrected chi connectivity index (χ3v) is 2.78. The third kappa shape index (κ3) is 4.46. The van der Waals surface area contributed by atoms with Crippen molar-refractivity contribution in [2.75, 3.05) is 11.9 Å². The van der Waals surface area contributed by atoms with E-state index < -0.39 is 23.1 Å². The zero-order valence-electron chi connectivity index (χ0n) is 10.9. The van der Waals surface area contributed by atoms with Gasteiger partial charge in [-0.15, -0.1) is 0 Å². The van der Waals surface area contributed by atoms with Crippen molar-refractivity contribution in [2.24, 2.45) is 0 Å². The molecule has 1 amide bonds. The van der Waals surface area contributed by atoms with E-state index in [-0.39, 0.29) is 18.5 Å². The van der Waals surface area contributed by atoms with E-state index in [1.807, 2.05) is 13.8 Å². The number of benzene rings is 1. The molecule has 0 bridgehead atoms. The molecule has 106 valence electrons. The van der Waals surface area contributed by atoms with E-state index in [1.54, 1.807) is 0 Å². The SMILES string of the molecule is CCC(CC)NC(=O)CNc1c(F)cc(F)cc1F. The molecule has 6 heteroatoms. The molecule has 0 radical (unpaired) electrons. The Morgan fingerprint density at radius 2 is 1.68 bits per heavy atom. The minimum Gasteiger partial charge on any atom is -0.371 e. The molecule has 19 heavy (non-hydrogen) atoms. The van der Waals surface area contributed by atoms with Gasteiger partial charge in [0.25, 0.3) is 0 Å². The van der Waals surface area contributed by atoms with Gasteiger partial charge in [-0.3, -0.25) is 4.79 Å². The predicted molar refractivity (Wildman–Crippen MR) is 67.3 cm³/mol. The minimum absolute atomic E-state index is 0.0391. The Balaban J connectivity index is 2.60. The van der Waals surface area contributed by atoms with Crippen molar-refractivity contribution in [1.82, 2.24) is 5.32 Å². The Morgan fingerprint density at radius 3 is 2.16 bits per heavy atom. The maximum absolute atomic E-state index is 13.3. The molecule has 1 aromatic carbocycles. The highest BCUT2D eigenvalue weighted by Crippen LogP contribution is 2.19. The summed E-state index contributed by atoms with van der Waals surface area (Å²) in [6, 6.07) is 1.16. The number of hydrogen-bond donors (Lipinski definition) is 2. The number of anilines is 1. The van der Waals surface area contributed by atoms with Crippen molar-refractivity contribution in [1.29, 1.82) is 0 Å². The molecular weight excluding hydrogens is 257 g/mol. The summed E-state index contributed by atoms with van der Waals surface area (Å²) in [4.78, 5) is 11.5. The average molecular weight is 274 g/mol. The van der Waals surface area contributed by atoms with Crippen molar-refractivity contribution in [3.05, 3.63) is 29.6 Å². The first-order chi connectivity index (χ1) is 8.97. The minimum atomic E-state index is -1.06. The summed E-state index contributed by atoms with van der Waals surface area (Å²) < 4.78 is 39.2. The fourth-order valence-electron chi connectivity index (χ4n) is 1.65. The first-order valence-electron chi connectivity index (χ1n) is 6.15. The van der Waals surface area contributed by atoms with E-state index in [2.05, 4.69) is 10.6 Å². The lowest BCUT2D eigenvalue weighted by Crippen LogP contribution is -2.37. The summed E-state index contributed by atoms with van der Waals surface area (Å²) in [6.07, 6.45) is 1.56. The number of nitrogens with one attached hydrogen (secondary N) is 2. The first-order valence-corrected chi connectivity index (χ1v) is 6.15. The second-order valence-electron chi connectivity index (χ2n) is 4.18. The van der Waals surface area contributed by atoms with E-state index >= 15 is 0 Å². The highest BCUT2D eigenvalue weighted by molar-refractivity contribution is 5.81. The maximum atomic E-state index is 13.3. The van der Waals surface area contributed by atoms with Crippen LogP contribution in [-0.4, -0.2) is 18.5 Å². The largest absolute Gasteiger partial charge is 0.371 e. The van der Waals surface area contributed by atoms with E-state index in [0.29, 0.717) is 12.1 Å². The number of carbonyl (C=O) groups is 1.